The number of hydrogen-bond donors (Lipinski definition) is 0. The Balaban J connectivity index is 1.81. The van der Waals surface area contributed by atoms with Gasteiger partial charge >= 0.3 is 0 Å². The van der Waals surface area contributed by atoms with Gasteiger partial charge in [0.05, 0.1) is 6.04 Å². The predicted molar refractivity (Wildman–Crippen MR) is 119 cm³/mol. The first kappa shape index (κ1) is 20.7. The minimum atomic E-state index is -0.278. The van der Waals surface area contributed by atoms with E-state index in [1.54, 1.807) is 25.4 Å². The second-order valence-electron chi connectivity index (χ2n) is 7.80. The lowest BCUT2D eigenvalue weighted by Crippen LogP contribution is -2.36. The van der Waals surface area contributed by atoms with Crippen molar-refractivity contribution in [1.82, 2.24) is 29.5 Å². The van der Waals surface area contributed by atoms with E-state index in [1.165, 1.54) is 10.1 Å². The van der Waals surface area contributed by atoms with E-state index in [-0.39, 0.29) is 11.9 Å². The molecule has 0 radical (unpaired) electrons. The first-order chi connectivity index (χ1) is 15.0. The van der Waals surface area contributed by atoms with Gasteiger partial charge in [0.15, 0.2) is 0 Å². The van der Waals surface area contributed by atoms with Crippen LogP contribution in [0.3, 0.4) is 0 Å². The topological polar surface area (TPSA) is 76.3 Å². The van der Waals surface area contributed by atoms with Gasteiger partial charge in [-0.1, -0.05) is 44.2 Å². The van der Waals surface area contributed by atoms with Gasteiger partial charge in [0.25, 0.3) is 11.7 Å². The zero-order valence-electron chi connectivity index (χ0n) is 18.2. The molecule has 0 unspecified atom stereocenters. The molecule has 0 N–H and O–H groups in total. The Morgan fingerprint density at radius 1 is 1.03 bits per heavy atom. The molecule has 0 saturated heterocycles. The van der Waals surface area contributed by atoms with Gasteiger partial charge in [0.1, 0.15) is 11.5 Å². The van der Waals surface area contributed by atoms with Crippen molar-refractivity contribution in [2.75, 3.05) is 6.54 Å². The van der Waals surface area contributed by atoms with Gasteiger partial charge in [-0.05, 0) is 48.6 Å². The van der Waals surface area contributed by atoms with Crippen molar-refractivity contribution in [2.24, 2.45) is 0 Å². The number of rotatable bonds is 6. The third-order valence-electron chi connectivity index (χ3n) is 5.40. The van der Waals surface area contributed by atoms with Crippen LogP contribution in [-0.2, 0) is 0 Å². The molecule has 0 aliphatic rings. The number of aryl methyl sites for hydroxylation is 1. The minimum absolute atomic E-state index is 0.137. The molecule has 4 aromatic rings. The highest BCUT2D eigenvalue weighted by atomic mass is 16.2. The minimum Gasteiger partial charge on any atom is -0.326 e. The van der Waals surface area contributed by atoms with Gasteiger partial charge in [0.2, 0.25) is 0 Å². The third-order valence-corrected chi connectivity index (χ3v) is 5.40. The largest absolute Gasteiger partial charge is 0.326 e. The van der Waals surface area contributed by atoms with E-state index in [9.17, 15) is 4.79 Å². The van der Waals surface area contributed by atoms with Crippen LogP contribution < -0.4 is 0 Å². The second-order valence-corrected chi connectivity index (χ2v) is 7.80. The van der Waals surface area contributed by atoms with Gasteiger partial charge in [-0.15, -0.1) is 5.10 Å². The predicted octanol–water partition coefficient (Wildman–Crippen LogP) is 4.20. The molecule has 0 aliphatic heterocycles. The lowest BCUT2D eigenvalue weighted by Gasteiger charge is -2.31. The summed E-state index contributed by atoms with van der Waals surface area (Å²) in [5, 5.41) is 4.37. The molecule has 0 fully saturated rings. The summed E-state index contributed by atoms with van der Waals surface area (Å²) >= 11 is 0. The molecule has 158 valence electrons. The molecule has 3 heterocycles. The molecular formula is C24H26N6O. The van der Waals surface area contributed by atoms with Gasteiger partial charge in [-0.2, -0.15) is 9.50 Å². The number of benzene rings is 1. The van der Waals surface area contributed by atoms with Gasteiger partial charge < -0.3 is 4.90 Å². The zero-order chi connectivity index (χ0) is 22.0. The Hall–Kier alpha value is -3.61. The Morgan fingerprint density at radius 2 is 1.77 bits per heavy atom. The number of fused-ring (bicyclic) bond motifs is 1. The molecule has 1 amide bonds. The number of carbonyl (C=O) groups is 1. The fourth-order valence-corrected chi connectivity index (χ4v) is 3.80. The Labute approximate surface area is 181 Å². The smallest absolute Gasteiger partial charge is 0.273 e. The van der Waals surface area contributed by atoms with Gasteiger partial charge in [0, 0.05) is 25.1 Å². The van der Waals surface area contributed by atoms with Crippen molar-refractivity contribution in [2.45, 2.75) is 39.7 Å². The van der Waals surface area contributed by atoms with Crippen molar-refractivity contribution in [3.05, 3.63) is 89.3 Å². The maximum Gasteiger partial charge on any atom is 0.273 e. The zero-order valence-corrected chi connectivity index (χ0v) is 18.2. The quantitative estimate of drug-likeness (QED) is 0.473. The second kappa shape index (κ2) is 8.63. The van der Waals surface area contributed by atoms with Crippen LogP contribution in [0.1, 0.15) is 65.7 Å². The molecule has 4 rings (SSSR count). The highest BCUT2D eigenvalue weighted by Gasteiger charge is 2.28. The summed E-state index contributed by atoms with van der Waals surface area (Å²) in [5.74, 6) is 1.29. The van der Waals surface area contributed by atoms with Crippen molar-refractivity contribution in [1.29, 1.82) is 0 Å². The summed E-state index contributed by atoms with van der Waals surface area (Å²) in [7, 11) is 0. The van der Waals surface area contributed by atoms with E-state index in [4.69, 9.17) is 0 Å². The van der Waals surface area contributed by atoms with Crippen LogP contribution in [0.15, 0.2) is 61.1 Å². The molecule has 7 heteroatoms. The summed E-state index contributed by atoms with van der Waals surface area (Å²) in [4.78, 5) is 28.4. The molecule has 0 spiro atoms. The lowest BCUT2D eigenvalue weighted by atomic mass is 9.94. The molecule has 0 bridgehead atoms. The van der Waals surface area contributed by atoms with E-state index in [0.29, 0.717) is 29.8 Å². The molecule has 31 heavy (non-hydrogen) atoms. The molecule has 7 nitrogen and oxygen atoms in total. The normalized spacial score (nSPS) is 12.3. The Morgan fingerprint density at radius 3 is 2.42 bits per heavy atom. The van der Waals surface area contributed by atoms with Crippen molar-refractivity contribution in [3.63, 3.8) is 0 Å². The molecule has 1 atom stereocenters. The number of nitrogens with zero attached hydrogens (tertiary/aromatic N) is 6. The van der Waals surface area contributed by atoms with Crippen LogP contribution >= 0.6 is 0 Å². The van der Waals surface area contributed by atoms with Gasteiger partial charge in [-0.25, -0.2) is 4.98 Å². The number of carbonyl (C=O) groups excluding carboxylic acids is 1. The summed E-state index contributed by atoms with van der Waals surface area (Å²) in [6.07, 6.45) is 5.16. The highest BCUT2D eigenvalue weighted by molar-refractivity contribution is 5.93. The number of aromatic nitrogens is 5. The fourth-order valence-electron chi connectivity index (χ4n) is 3.80. The van der Waals surface area contributed by atoms with E-state index in [2.05, 4.69) is 58.2 Å². The molecule has 0 aliphatic carbocycles. The van der Waals surface area contributed by atoms with E-state index in [0.717, 1.165) is 11.1 Å². The van der Waals surface area contributed by atoms with Gasteiger partial charge in [-0.3, -0.25) is 9.78 Å². The van der Waals surface area contributed by atoms with Crippen LogP contribution in [0, 0.1) is 6.92 Å². The van der Waals surface area contributed by atoms with Crippen LogP contribution in [0.2, 0.25) is 0 Å². The molecule has 0 saturated carbocycles. The van der Waals surface area contributed by atoms with Crippen LogP contribution in [0.5, 0.6) is 0 Å². The molecule has 1 aromatic carbocycles. The lowest BCUT2D eigenvalue weighted by molar-refractivity contribution is 0.0707. The Kier molecular flexibility index (Phi) is 5.75. The fraction of sp³-hybridized carbons (Fsp3) is 0.292. The Bertz CT molecular complexity index is 1180. The maximum absolute atomic E-state index is 13.8. The van der Waals surface area contributed by atoms with Crippen LogP contribution in [0.25, 0.3) is 5.78 Å². The average molecular weight is 415 g/mol. The van der Waals surface area contributed by atoms with Crippen molar-refractivity contribution < 1.29 is 4.79 Å². The number of hydrogen-bond acceptors (Lipinski definition) is 5. The van der Waals surface area contributed by atoms with Crippen LogP contribution in [-0.4, -0.2) is 41.9 Å². The van der Waals surface area contributed by atoms with E-state index < -0.39 is 0 Å². The maximum atomic E-state index is 13.8. The third kappa shape index (κ3) is 4.03. The van der Waals surface area contributed by atoms with E-state index in [1.807, 2.05) is 30.2 Å². The standard InChI is InChI=1S/C24H26N6O/c1-5-29(23(31)21-12-14-26-24-27-17(4)28-30(21)24)22(20-7-6-13-25-15-20)19-10-8-18(9-11-19)16(2)3/h6-16,22H,5H2,1-4H3/t22-/m1/s1. The average Bonchev–Trinajstić information content (AvgIpc) is 3.17. The monoisotopic (exact) mass is 414 g/mol. The summed E-state index contributed by atoms with van der Waals surface area (Å²) < 4.78 is 1.52. The highest BCUT2D eigenvalue weighted by Crippen LogP contribution is 2.30. The van der Waals surface area contributed by atoms with Crippen molar-refractivity contribution in [3.8, 4) is 0 Å². The molecular weight excluding hydrogens is 388 g/mol. The summed E-state index contributed by atoms with van der Waals surface area (Å²) in [5.41, 5.74) is 3.68. The number of amides is 1. The van der Waals surface area contributed by atoms with Crippen molar-refractivity contribution >= 4 is 11.7 Å². The number of pyridine rings is 1. The van der Waals surface area contributed by atoms with E-state index >= 15 is 0 Å². The summed E-state index contributed by atoms with van der Waals surface area (Å²) in [6, 6.07) is 13.8. The summed E-state index contributed by atoms with van der Waals surface area (Å²) in [6.45, 7) is 8.63. The molecule has 3 aromatic heterocycles. The first-order valence-electron chi connectivity index (χ1n) is 10.5. The SMILES string of the molecule is CCN(C(=O)c1ccnc2nc(C)nn12)[C@H](c1ccc(C(C)C)cc1)c1cccnc1. The first-order valence-corrected chi connectivity index (χ1v) is 10.5. The van der Waals surface area contributed by atoms with Crippen LogP contribution in [0.4, 0.5) is 0 Å².